The molecule has 0 atom stereocenters. The molecule has 0 aliphatic carbocycles. The van der Waals surface area contributed by atoms with Crippen LogP contribution in [0.25, 0.3) is 17.0 Å². The topological polar surface area (TPSA) is 67.9 Å². The molecule has 3 aromatic rings. The lowest BCUT2D eigenvalue weighted by Crippen LogP contribution is -2.05. The van der Waals surface area contributed by atoms with Gasteiger partial charge in [-0.1, -0.05) is 28.1 Å². The zero-order valence-electron chi connectivity index (χ0n) is 14.1. The number of nitriles is 1. The van der Waals surface area contributed by atoms with Crippen LogP contribution in [0.1, 0.15) is 18.2 Å². The number of nitrogens with zero attached hydrogens (tertiary/aromatic N) is 3. The molecule has 0 radical (unpaired) electrons. The standard InChI is InChI=1S/C20H16BrN3O2/c1-2-26-20(25)14(11-22)9-15-12-24(13-17-5-3-4-8-23-17)19-10-16(21)6-7-18(15)19/h3-10,12H,2,13H2,1H3/b14-9+. The summed E-state index contributed by atoms with van der Waals surface area (Å²) in [6, 6.07) is 13.6. The van der Waals surface area contributed by atoms with E-state index in [2.05, 4.69) is 25.5 Å². The maximum absolute atomic E-state index is 11.9. The molecule has 0 spiro atoms. The van der Waals surface area contributed by atoms with Crippen LogP contribution in [0.4, 0.5) is 0 Å². The van der Waals surface area contributed by atoms with Crippen molar-refractivity contribution >= 4 is 38.9 Å². The van der Waals surface area contributed by atoms with Crippen molar-refractivity contribution in [2.45, 2.75) is 13.5 Å². The molecule has 130 valence electrons. The SMILES string of the molecule is CCOC(=O)/C(C#N)=C/c1cn(Cc2ccccn2)c2cc(Br)ccc12. The number of rotatable bonds is 5. The zero-order chi connectivity index (χ0) is 18.5. The van der Waals surface area contributed by atoms with E-state index in [4.69, 9.17) is 4.74 Å². The van der Waals surface area contributed by atoms with E-state index in [-0.39, 0.29) is 12.2 Å². The highest BCUT2D eigenvalue weighted by Gasteiger charge is 2.14. The molecule has 0 amide bonds. The highest BCUT2D eigenvalue weighted by molar-refractivity contribution is 9.10. The predicted molar refractivity (Wildman–Crippen MR) is 103 cm³/mol. The first kappa shape index (κ1) is 17.9. The van der Waals surface area contributed by atoms with Crippen LogP contribution in [0, 0.1) is 11.3 Å². The number of ether oxygens (including phenoxy) is 1. The van der Waals surface area contributed by atoms with E-state index in [1.807, 2.05) is 48.7 Å². The maximum atomic E-state index is 11.9. The second-order valence-electron chi connectivity index (χ2n) is 5.59. The molecule has 0 N–H and O–H groups in total. The minimum Gasteiger partial charge on any atom is -0.462 e. The Bertz CT molecular complexity index is 1020. The summed E-state index contributed by atoms with van der Waals surface area (Å²) < 4.78 is 7.95. The second-order valence-corrected chi connectivity index (χ2v) is 6.50. The number of carbonyl (C=O) groups excluding carboxylic acids is 1. The normalized spacial score (nSPS) is 11.3. The number of aromatic nitrogens is 2. The first-order chi connectivity index (χ1) is 12.6. The molecule has 2 aromatic heterocycles. The lowest BCUT2D eigenvalue weighted by Gasteiger charge is -2.04. The highest BCUT2D eigenvalue weighted by Crippen LogP contribution is 2.27. The smallest absolute Gasteiger partial charge is 0.348 e. The third-order valence-corrected chi connectivity index (χ3v) is 4.34. The van der Waals surface area contributed by atoms with Gasteiger partial charge in [0.05, 0.1) is 24.4 Å². The van der Waals surface area contributed by atoms with Crippen LogP contribution in [0.15, 0.2) is 58.8 Å². The Balaban J connectivity index is 2.09. The molecule has 0 unspecified atom stereocenters. The Labute approximate surface area is 159 Å². The van der Waals surface area contributed by atoms with Gasteiger partial charge < -0.3 is 9.30 Å². The average molecular weight is 410 g/mol. The van der Waals surface area contributed by atoms with Crippen molar-refractivity contribution in [3.05, 3.63) is 70.1 Å². The summed E-state index contributed by atoms with van der Waals surface area (Å²) in [6.45, 7) is 2.53. The monoisotopic (exact) mass is 409 g/mol. The molecule has 5 nitrogen and oxygen atoms in total. The first-order valence-electron chi connectivity index (χ1n) is 8.09. The number of hydrogen-bond acceptors (Lipinski definition) is 4. The lowest BCUT2D eigenvalue weighted by atomic mass is 10.1. The van der Waals surface area contributed by atoms with Crippen LogP contribution in [0.3, 0.4) is 0 Å². The fourth-order valence-corrected chi connectivity index (χ4v) is 3.06. The lowest BCUT2D eigenvalue weighted by molar-refractivity contribution is -0.137. The Morgan fingerprint density at radius 3 is 2.92 bits per heavy atom. The summed E-state index contributed by atoms with van der Waals surface area (Å²) in [7, 11) is 0. The number of benzene rings is 1. The van der Waals surface area contributed by atoms with Crippen molar-refractivity contribution in [2.75, 3.05) is 6.61 Å². The van der Waals surface area contributed by atoms with Gasteiger partial charge in [0.15, 0.2) is 0 Å². The molecule has 2 heterocycles. The third-order valence-electron chi connectivity index (χ3n) is 3.85. The van der Waals surface area contributed by atoms with E-state index in [1.54, 1.807) is 19.2 Å². The second kappa shape index (κ2) is 7.98. The molecule has 0 saturated heterocycles. The molecule has 0 aliphatic rings. The van der Waals surface area contributed by atoms with E-state index in [9.17, 15) is 10.1 Å². The van der Waals surface area contributed by atoms with Crippen LogP contribution in [-0.2, 0) is 16.1 Å². The van der Waals surface area contributed by atoms with Gasteiger partial charge in [-0.2, -0.15) is 5.26 Å². The van der Waals surface area contributed by atoms with E-state index in [0.717, 1.165) is 26.6 Å². The average Bonchev–Trinajstić information content (AvgIpc) is 2.97. The fourth-order valence-electron chi connectivity index (χ4n) is 2.71. The maximum Gasteiger partial charge on any atom is 0.348 e. The first-order valence-corrected chi connectivity index (χ1v) is 8.89. The Hall–Kier alpha value is -2.91. The minimum atomic E-state index is -0.613. The largest absolute Gasteiger partial charge is 0.462 e. The summed E-state index contributed by atoms with van der Waals surface area (Å²) in [5.74, 6) is -0.613. The summed E-state index contributed by atoms with van der Waals surface area (Å²) in [4.78, 5) is 16.3. The predicted octanol–water partition coefficient (Wildman–Crippen LogP) is 4.32. The summed E-state index contributed by atoms with van der Waals surface area (Å²) in [6.07, 6.45) is 5.25. The van der Waals surface area contributed by atoms with Crippen LogP contribution in [0.5, 0.6) is 0 Å². The number of hydrogen-bond donors (Lipinski definition) is 0. The van der Waals surface area contributed by atoms with Crippen LogP contribution in [-0.4, -0.2) is 22.1 Å². The number of fused-ring (bicyclic) bond motifs is 1. The van der Waals surface area contributed by atoms with Gasteiger partial charge in [0.25, 0.3) is 0 Å². The van der Waals surface area contributed by atoms with Gasteiger partial charge in [-0.3, -0.25) is 4.98 Å². The van der Waals surface area contributed by atoms with E-state index >= 15 is 0 Å². The van der Waals surface area contributed by atoms with E-state index in [1.165, 1.54) is 0 Å². The number of halogens is 1. The van der Waals surface area contributed by atoms with Gasteiger partial charge in [-0.15, -0.1) is 0 Å². The van der Waals surface area contributed by atoms with Gasteiger partial charge >= 0.3 is 5.97 Å². The molecular weight excluding hydrogens is 394 g/mol. The van der Waals surface area contributed by atoms with Crippen molar-refractivity contribution in [1.82, 2.24) is 9.55 Å². The quantitative estimate of drug-likeness (QED) is 0.357. The van der Waals surface area contributed by atoms with Crippen LogP contribution >= 0.6 is 15.9 Å². The zero-order valence-corrected chi connectivity index (χ0v) is 15.7. The molecule has 0 aliphatic heterocycles. The van der Waals surface area contributed by atoms with Crippen LogP contribution < -0.4 is 0 Å². The Morgan fingerprint density at radius 2 is 2.23 bits per heavy atom. The third kappa shape index (κ3) is 3.84. The molecule has 0 bridgehead atoms. The number of pyridine rings is 1. The van der Waals surface area contributed by atoms with E-state index in [0.29, 0.717) is 6.54 Å². The number of esters is 1. The summed E-state index contributed by atoms with van der Waals surface area (Å²) in [5, 5.41) is 10.2. The molecule has 26 heavy (non-hydrogen) atoms. The van der Waals surface area contributed by atoms with Crippen molar-refractivity contribution in [3.63, 3.8) is 0 Å². The van der Waals surface area contributed by atoms with Crippen LogP contribution in [0.2, 0.25) is 0 Å². The number of carbonyl (C=O) groups is 1. The Morgan fingerprint density at radius 1 is 1.38 bits per heavy atom. The molecule has 0 fully saturated rings. The molecular formula is C20H16BrN3O2. The van der Waals surface area contributed by atoms with Gasteiger partial charge in [-0.05, 0) is 37.3 Å². The highest BCUT2D eigenvalue weighted by atomic mass is 79.9. The minimum absolute atomic E-state index is 0.0216. The molecule has 3 rings (SSSR count). The van der Waals surface area contributed by atoms with Crippen molar-refractivity contribution in [3.8, 4) is 6.07 Å². The summed E-state index contributed by atoms with van der Waals surface area (Å²) >= 11 is 3.50. The molecule has 6 heteroatoms. The van der Waals surface area contributed by atoms with Gasteiger partial charge in [0.2, 0.25) is 0 Å². The van der Waals surface area contributed by atoms with Gasteiger partial charge in [0, 0.05) is 27.8 Å². The van der Waals surface area contributed by atoms with E-state index < -0.39 is 5.97 Å². The van der Waals surface area contributed by atoms with Crippen molar-refractivity contribution in [1.29, 1.82) is 5.26 Å². The van der Waals surface area contributed by atoms with Crippen molar-refractivity contribution in [2.24, 2.45) is 0 Å². The fraction of sp³-hybridized carbons (Fsp3) is 0.150. The summed E-state index contributed by atoms with van der Waals surface area (Å²) in [5.41, 5.74) is 2.67. The van der Waals surface area contributed by atoms with Gasteiger partial charge in [0.1, 0.15) is 11.6 Å². The van der Waals surface area contributed by atoms with Gasteiger partial charge in [-0.25, -0.2) is 4.79 Å². The van der Waals surface area contributed by atoms with Crippen molar-refractivity contribution < 1.29 is 9.53 Å². The molecule has 0 saturated carbocycles. The molecule has 1 aromatic carbocycles. The Kier molecular flexibility index (Phi) is 5.49.